The van der Waals surface area contributed by atoms with E-state index in [2.05, 4.69) is 5.32 Å². The van der Waals surface area contributed by atoms with Gasteiger partial charge in [-0.2, -0.15) is 0 Å². The Balaban J connectivity index is 1.47. The van der Waals surface area contributed by atoms with Crippen LogP contribution in [0.25, 0.3) is 6.08 Å². The molecule has 0 aliphatic carbocycles. The molecule has 0 saturated carbocycles. The molecular weight excluding hydrogens is 484 g/mol. The number of methoxy groups -OCH3 is 1. The van der Waals surface area contributed by atoms with Crippen LogP contribution in [0, 0.1) is 0 Å². The van der Waals surface area contributed by atoms with Gasteiger partial charge < -0.3 is 19.5 Å². The largest absolute Gasteiger partial charge is 0.484 e. The Morgan fingerprint density at radius 2 is 2.00 bits per heavy atom. The SMILES string of the molecule is COC(=O)C1=C(C)N(c2cccc(Cl)c2)C(=O)/C1=C\c1ccc(OCC(=O)NC[C@@H]2CCCO2)cc1. The molecule has 4 rings (SSSR count). The summed E-state index contributed by atoms with van der Waals surface area (Å²) < 4.78 is 16.0. The van der Waals surface area contributed by atoms with Gasteiger partial charge in [-0.25, -0.2) is 4.79 Å². The van der Waals surface area contributed by atoms with Crippen LogP contribution in [-0.2, 0) is 23.9 Å². The number of allylic oxidation sites excluding steroid dienone is 1. The average Bonchev–Trinajstić information content (AvgIpc) is 3.48. The van der Waals surface area contributed by atoms with Gasteiger partial charge in [-0.1, -0.05) is 29.8 Å². The lowest BCUT2D eigenvalue weighted by Gasteiger charge is -2.18. The molecule has 2 aromatic carbocycles. The summed E-state index contributed by atoms with van der Waals surface area (Å²) >= 11 is 6.12. The highest BCUT2D eigenvalue weighted by Crippen LogP contribution is 2.36. The van der Waals surface area contributed by atoms with Crippen molar-refractivity contribution in [1.82, 2.24) is 5.32 Å². The number of ether oxygens (including phenoxy) is 3. The fourth-order valence-electron chi connectivity index (χ4n) is 4.17. The summed E-state index contributed by atoms with van der Waals surface area (Å²) in [5.41, 5.74) is 2.08. The van der Waals surface area contributed by atoms with Gasteiger partial charge in [0.2, 0.25) is 0 Å². The van der Waals surface area contributed by atoms with E-state index in [9.17, 15) is 14.4 Å². The molecule has 1 N–H and O–H groups in total. The molecule has 2 aromatic rings. The Morgan fingerprint density at radius 1 is 1.22 bits per heavy atom. The van der Waals surface area contributed by atoms with Gasteiger partial charge in [0.1, 0.15) is 5.75 Å². The molecule has 0 bridgehead atoms. The number of carbonyl (C=O) groups is 3. The molecule has 0 radical (unpaired) electrons. The van der Waals surface area contributed by atoms with Gasteiger partial charge in [0.25, 0.3) is 11.8 Å². The molecule has 188 valence electrons. The molecule has 2 amide bonds. The van der Waals surface area contributed by atoms with Crippen LogP contribution in [-0.4, -0.2) is 50.8 Å². The van der Waals surface area contributed by atoms with Gasteiger partial charge in [0, 0.05) is 23.9 Å². The highest BCUT2D eigenvalue weighted by Gasteiger charge is 2.38. The van der Waals surface area contributed by atoms with Gasteiger partial charge in [-0.3, -0.25) is 14.5 Å². The molecule has 9 heteroatoms. The van der Waals surface area contributed by atoms with Crippen LogP contribution in [0.2, 0.25) is 5.02 Å². The van der Waals surface area contributed by atoms with E-state index in [0.29, 0.717) is 34.3 Å². The predicted octanol–water partition coefficient (Wildman–Crippen LogP) is 3.89. The molecule has 1 atom stereocenters. The van der Waals surface area contributed by atoms with Gasteiger partial charge in [-0.15, -0.1) is 0 Å². The van der Waals surface area contributed by atoms with Crippen molar-refractivity contribution in [3.05, 3.63) is 76.0 Å². The van der Waals surface area contributed by atoms with Crippen molar-refractivity contribution in [1.29, 1.82) is 0 Å². The first kappa shape index (κ1) is 25.5. The Labute approximate surface area is 214 Å². The van der Waals surface area contributed by atoms with Crippen LogP contribution in [0.15, 0.2) is 65.4 Å². The quantitative estimate of drug-likeness (QED) is 0.428. The first-order valence-corrected chi connectivity index (χ1v) is 12.0. The molecular formula is C27H27ClN2O6. The Bertz CT molecular complexity index is 1220. The van der Waals surface area contributed by atoms with E-state index in [1.165, 1.54) is 12.0 Å². The molecule has 2 aliphatic heterocycles. The molecule has 8 nitrogen and oxygen atoms in total. The van der Waals surface area contributed by atoms with Crippen LogP contribution in [0.5, 0.6) is 5.75 Å². The lowest BCUT2D eigenvalue weighted by molar-refractivity contribution is -0.136. The third-order valence-corrected chi connectivity index (χ3v) is 6.20. The average molecular weight is 511 g/mol. The monoisotopic (exact) mass is 510 g/mol. The number of rotatable bonds is 8. The molecule has 2 aliphatic rings. The minimum atomic E-state index is -0.606. The zero-order chi connectivity index (χ0) is 25.7. The first-order chi connectivity index (χ1) is 17.4. The summed E-state index contributed by atoms with van der Waals surface area (Å²) in [6, 6.07) is 13.7. The van der Waals surface area contributed by atoms with Crippen molar-refractivity contribution in [2.45, 2.75) is 25.9 Å². The summed E-state index contributed by atoms with van der Waals surface area (Å²) in [4.78, 5) is 39.4. The summed E-state index contributed by atoms with van der Waals surface area (Å²) in [5.74, 6) is -0.690. The van der Waals surface area contributed by atoms with Gasteiger partial charge >= 0.3 is 5.97 Å². The summed E-state index contributed by atoms with van der Waals surface area (Å²) in [7, 11) is 1.27. The smallest absolute Gasteiger partial charge is 0.340 e. The number of halogens is 1. The first-order valence-electron chi connectivity index (χ1n) is 11.6. The van der Waals surface area contributed by atoms with Crippen LogP contribution in [0.1, 0.15) is 25.3 Å². The molecule has 2 heterocycles. The molecule has 0 unspecified atom stereocenters. The van der Waals surface area contributed by atoms with Crippen molar-refractivity contribution >= 4 is 41.1 Å². The van der Waals surface area contributed by atoms with Gasteiger partial charge in [0.05, 0.1) is 30.0 Å². The van der Waals surface area contributed by atoms with Crippen LogP contribution in [0.4, 0.5) is 5.69 Å². The number of amides is 2. The number of benzene rings is 2. The number of esters is 1. The van der Waals surface area contributed by atoms with Crippen molar-refractivity contribution in [2.24, 2.45) is 0 Å². The number of nitrogens with zero attached hydrogens (tertiary/aromatic N) is 1. The molecule has 1 fully saturated rings. The predicted molar refractivity (Wildman–Crippen MR) is 136 cm³/mol. The summed E-state index contributed by atoms with van der Waals surface area (Å²) in [6.45, 7) is 2.78. The van der Waals surface area contributed by atoms with Crippen molar-refractivity contribution < 1.29 is 28.6 Å². The Kier molecular flexibility index (Phi) is 8.07. The standard InChI is InChI=1S/C27H27ClN2O6/c1-17-25(27(33)34-2)23(26(32)30(17)20-6-3-5-19(28)14-20)13-18-8-10-21(11-9-18)36-16-24(31)29-15-22-7-4-12-35-22/h3,5-6,8-11,13-14,22H,4,7,12,15-16H2,1-2H3,(H,29,31)/b23-13-/t22-/m0/s1. The number of nitrogens with one attached hydrogen (secondary N) is 1. The lowest BCUT2D eigenvalue weighted by atomic mass is 10.0. The Hall–Kier alpha value is -3.62. The van der Waals surface area contributed by atoms with Gasteiger partial charge in [-0.05, 0) is 61.7 Å². The highest BCUT2D eigenvalue weighted by atomic mass is 35.5. The van der Waals surface area contributed by atoms with E-state index in [-0.39, 0.29) is 35.7 Å². The fraction of sp³-hybridized carbons (Fsp3) is 0.296. The van der Waals surface area contributed by atoms with Crippen molar-refractivity contribution in [2.75, 3.05) is 31.8 Å². The molecule has 1 saturated heterocycles. The van der Waals surface area contributed by atoms with E-state index in [1.807, 2.05) is 0 Å². The maximum absolute atomic E-state index is 13.4. The topological polar surface area (TPSA) is 94.2 Å². The maximum atomic E-state index is 13.4. The summed E-state index contributed by atoms with van der Waals surface area (Å²) in [6.07, 6.45) is 3.66. The second-order valence-electron chi connectivity index (χ2n) is 8.43. The third-order valence-electron chi connectivity index (χ3n) is 5.97. The van der Waals surface area contributed by atoms with Crippen molar-refractivity contribution in [3.63, 3.8) is 0 Å². The minimum absolute atomic E-state index is 0.0712. The number of carbonyl (C=O) groups excluding carboxylic acids is 3. The van der Waals surface area contributed by atoms with E-state index in [0.717, 1.165) is 19.4 Å². The van der Waals surface area contributed by atoms with E-state index in [4.69, 9.17) is 25.8 Å². The number of hydrogen-bond donors (Lipinski definition) is 1. The zero-order valence-electron chi connectivity index (χ0n) is 20.1. The fourth-order valence-corrected chi connectivity index (χ4v) is 4.35. The van der Waals surface area contributed by atoms with E-state index in [1.54, 1.807) is 61.5 Å². The highest BCUT2D eigenvalue weighted by molar-refractivity contribution is 6.31. The zero-order valence-corrected chi connectivity index (χ0v) is 20.8. The number of anilines is 1. The second-order valence-corrected chi connectivity index (χ2v) is 8.86. The summed E-state index contributed by atoms with van der Waals surface area (Å²) in [5, 5.41) is 3.28. The molecule has 0 aromatic heterocycles. The third kappa shape index (κ3) is 5.78. The van der Waals surface area contributed by atoms with Gasteiger partial charge in [0.15, 0.2) is 6.61 Å². The molecule has 36 heavy (non-hydrogen) atoms. The Morgan fingerprint density at radius 3 is 2.67 bits per heavy atom. The maximum Gasteiger partial charge on any atom is 0.340 e. The van der Waals surface area contributed by atoms with Crippen LogP contribution < -0.4 is 15.0 Å². The normalized spacial score (nSPS) is 18.6. The van der Waals surface area contributed by atoms with Crippen molar-refractivity contribution in [3.8, 4) is 5.75 Å². The van der Waals surface area contributed by atoms with E-state index < -0.39 is 5.97 Å². The molecule has 0 spiro atoms. The van der Waals surface area contributed by atoms with E-state index >= 15 is 0 Å². The second kappa shape index (κ2) is 11.4. The van der Waals surface area contributed by atoms with Crippen LogP contribution in [0.3, 0.4) is 0 Å². The van der Waals surface area contributed by atoms with Crippen LogP contribution >= 0.6 is 11.6 Å². The lowest BCUT2D eigenvalue weighted by Crippen LogP contribution is -2.35. The number of hydrogen-bond acceptors (Lipinski definition) is 6. The minimum Gasteiger partial charge on any atom is -0.484 e.